The van der Waals surface area contributed by atoms with E-state index in [9.17, 15) is 26.4 Å². The monoisotopic (exact) mass is 378 g/mol. The minimum Gasteiger partial charge on any atom is -0.321 e. The van der Waals surface area contributed by atoms with Crippen LogP contribution in [0.25, 0.3) is 0 Å². The van der Waals surface area contributed by atoms with Crippen molar-refractivity contribution in [2.45, 2.75) is 5.51 Å². The second kappa shape index (κ2) is 6.70. The summed E-state index contributed by atoms with van der Waals surface area (Å²) in [5.74, 6) is -0.816. The Kier molecular flexibility index (Phi) is 5.05. The molecule has 0 saturated carbocycles. The van der Waals surface area contributed by atoms with Gasteiger partial charge in [-0.3, -0.25) is 9.52 Å². The van der Waals surface area contributed by atoms with Gasteiger partial charge in [-0.05, 0) is 24.3 Å². The van der Waals surface area contributed by atoms with Gasteiger partial charge in [0.1, 0.15) is 0 Å². The molecule has 0 bridgehead atoms. The van der Waals surface area contributed by atoms with E-state index >= 15 is 0 Å². The van der Waals surface area contributed by atoms with Crippen LogP contribution >= 0.6 is 11.6 Å². The van der Waals surface area contributed by atoms with Gasteiger partial charge in [0.05, 0.1) is 22.0 Å². The first-order valence-electron chi connectivity index (χ1n) is 6.36. The van der Waals surface area contributed by atoms with Crippen molar-refractivity contribution in [3.05, 3.63) is 59.1 Å². The van der Waals surface area contributed by atoms with Gasteiger partial charge in [-0.2, -0.15) is 21.6 Å². The number of carbonyl (C=O) groups is 1. The fourth-order valence-electron chi connectivity index (χ4n) is 1.72. The molecule has 0 saturated heterocycles. The van der Waals surface area contributed by atoms with E-state index in [1.165, 1.54) is 35.1 Å². The summed E-state index contributed by atoms with van der Waals surface area (Å²) in [4.78, 5) is 12.2. The molecule has 0 heterocycles. The lowest BCUT2D eigenvalue weighted by Gasteiger charge is -2.14. The SMILES string of the molecule is O=C(Nc1ccccc1Cl)c1ccccc1NS(=O)(=O)C(F)(F)F. The molecule has 2 N–H and O–H groups in total. The molecule has 1 amide bonds. The van der Waals surface area contributed by atoms with E-state index in [0.29, 0.717) is 0 Å². The van der Waals surface area contributed by atoms with Crippen LogP contribution in [0.4, 0.5) is 24.5 Å². The minimum absolute atomic E-state index is 0.221. The number of nitrogens with one attached hydrogen (secondary N) is 2. The summed E-state index contributed by atoms with van der Waals surface area (Å²) in [5, 5.41) is 2.63. The molecule has 2 aromatic carbocycles. The first-order chi connectivity index (χ1) is 11.1. The smallest absolute Gasteiger partial charge is 0.321 e. The Morgan fingerprint density at radius 3 is 2.08 bits per heavy atom. The largest absolute Gasteiger partial charge is 0.516 e. The number of carbonyl (C=O) groups excluding carboxylic acids is 1. The molecule has 10 heteroatoms. The number of para-hydroxylation sites is 2. The second-order valence-electron chi connectivity index (χ2n) is 4.53. The van der Waals surface area contributed by atoms with Crippen molar-refractivity contribution >= 4 is 38.9 Å². The summed E-state index contributed by atoms with van der Waals surface area (Å²) < 4.78 is 61.3. The lowest BCUT2D eigenvalue weighted by atomic mass is 10.1. The number of alkyl halides is 3. The Bertz CT molecular complexity index is 870. The molecule has 5 nitrogen and oxygen atoms in total. The molecular weight excluding hydrogens is 369 g/mol. The van der Waals surface area contributed by atoms with Crippen molar-refractivity contribution in [3.63, 3.8) is 0 Å². The Morgan fingerprint density at radius 2 is 1.50 bits per heavy atom. The second-order valence-corrected chi connectivity index (χ2v) is 6.61. The predicted molar refractivity (Wildman–Crippen MR) is 84.4 cm³/mol. The van der Waals surface area contributed by atoms with Crippen LogP contribution < -0.4 is 10.0 Å². The van der Waals surface area contributed by atoms with Crippen molar-refractivity contribution < 1.29 is 26.4 Å². The maximum Gasteiger partial charge on any atom is 0.516 e. The van der Waals surface area contributed by atoms with Gasteiger partial charge in [0.15, 0.2) is 0 Å². The third-order valence-electron chi connectivity index (χ3n) is 2.84. The summed E-state index contributed by atoms with van der Waals surface area (Å²) >= 11 is 5.89. The van der Waals surface area contributed by atoms with Gasteiger partial charge in [-0.25, -0.2) is 0 Å². The number of benzene rings is 2. The number of amides is 1. The standard InChI is InChI=1S/C14H10ClF3N2O3S/c15-10-6-2-4-8-12(10)19-13(21)9-5-1-3-7-11(9)20-24(22,23)14(16,17)18/h1-8,20H,(H,19,21). The van der Waals surface area contributed by atoms with Crippen LogP contribution in [0.5, 0.6) is 0 Å². The molecule has 0 unspecified atom stereocenters. The van der Waals surface area contributed by atoms with E-state index in [4.69, 9.17) is 11.6 Å². The average molecular weight is 379 g/mol. The molecule has 0 aliphatic carbocycles. The summed E-state index contributed by atoms with van der Waals surface area (Å²) in [6, 6.07) is 11.1. The highest BCUT2D eigenvalue weighted by molar-refractivity contribution is 7.93. The van der Waals surface area contributed by atoms with E-state index in [-0.39, 0.29) is 16.3 Å². The van der Waals surface area contributed by atoms with Gasteiger partial charge in [-0.1, -0.05) is 35.9 Å². The van der Waals surface area contributed by atoms with Crippen LogP contribution in [0.3, 0.4) is 0 Å². The molecule has 128 valence electrons. The van der Waals surface area contributed by atoms with Crippen LogP contribution in [0, 0.1) is 0 Å². The summed E-state index contributed by atoms with van der Waals surface area (Å²) in [7, 11) is -5.64. The normalized spacial score (nSPS) is 11.8. The minimum atomic E-state index is -5.64. The fraction of sp³-hybridized carbons (Fsp3) is 0.0714. The van der Waals surface area contributed by atoms with Gasteiger partial charge in [-0.15, -0.1) is 0 Å². The summed E-state index contributed by atoms with van der Waals surface area (Å²) in [6.45, 7) is 0. The number of halogens is 4. The number of hydrogen-bond acceptors (Lipinski definition) is 3. The first kappa shape index (κ1) is 18.1. The number of anilines is 2. The predicted octanol–water partition coefficient (Wildman–Crippen LogP) is 3.85. The molecule has 2 aromatic rings. The zero-order valence-corrected chi connectivity index (χ0v) is 13.3. The number of rotatable bonds is 4. The van der Waals surface area contributed by atoms with E-state index in [2.05, 4.69) is 5.32 Å². The Morgan fingerprint density at radius 1 is 0.958 bits per heavy atom. The molecule has 0 fully saturated rings. The van der Waals surface area contributed by atoms with Crippen molar-refractivity contribution in [1.29, 1.82) is 0 Å². The molecule has 24 heavy (non-hydrogen) atoms. The molecule has 0 spiro atoms. The van der Waals surface area contributed by atoms with Crippen LogP contribution in [0.2, 0.25) is 5.02 Å². The zero-order chi connectivity index (χ0) is 18.0. The Labute approximate surface area is 140 Å². The van der Waals surface area contributed by atoms with Gasteiger partial charge in [0, 0.05) is 0 Å². The summed E-state index contributed by atoms with van der Waals surface area (Å²) in [5.41, 5.74) is -6.05. The molecular formula is C14H10ClF3N2O3S. The average Bonchev–Trinajstić information content (AvgIpc) is 2.48. The Balaban J connectivity index is 2.32. The van der Waals surface area contributed by atoms with Crippen LogP contribution in [-0.4, -0.2) is 19.8 Å². The van der Waals surface area contributed by atoms with Crippen LogP contribution in [0.1, 0.15) is 10.4 Å². The highest BCUT2D eigenvalue weighted by Crippen LogP contribution is 2.28. The van der Waals surface area contributed by atoms with E-state index in [1.54, 1.807) is 12.1 Å². The van der Waals surface area contributed by atoms with E-state index in [1.807, 2.05) is 0 Å². The van der Waals surface area contributed by atoms with E-state index in [0.717, 1.165) is 6.07 Å². The molecule has 0 atom stereocenters. The molecule has 0 aliphatic rings. The maximum absolute atomic E-state index is 12.5. The van der Waals surface area contributed by atoms with Crippen molar-refractivity contribution in [2.24, 2.45) is 0 Å². The third kappa shape index (κ3) is 3.98. The lowest BCUT2D eigenvalue weighted by Crippen LogP contribution is -2.30. The third-order valence-corrected chi connectivity index (χ3v) is 4.27. The maximum atomic E-state index is 12.5. The highest BCUT2D eigenvalue weighted by Gasteiger charge is 2.46. The van der Waals surface area contributed by atoms with Gasteiger partial charge in [0.25, 0.3) is 5.91 Å². The van der Waals surface area contributed by atoms with Gasteiger partial charge >= 0.3 is 15.5 Å². The highest BCUT2D eigenvalue weighted by atomic mass is 35.5. The molecule has 0 radical (unpaired) electrons. The number of hydrogen-bond donors (Lipinski definition) is 2. The summed E-state index contributed by atoms with van der Waals surface area (Å²) in [6.07, 6.45) is 0. The topological polar surface area (TPSA) is 75.3 Å². The van der Waals surface area contributed by atoms with Gasteiger partial charge in [0.2, 0.25) is 0 Å². The van der Waals surface area contributed by atoms with Crippen LogP contribution in [0.15, 0.2) is 48.5 Å². The van der Waals surface area contributed by atoms with Crippen molar-refractivity contribution in [2.75, 3.05) is 10.0 Å². The Hall–Kier alpha value is -2.26. The van der Waals surface area contributed by atoms with Crippen molar-refractivity contribution in [1.82, 2.24) is 0 Å². The van der Waals surface area contributed by atoms with Crippen molar-refractivity contribution in [3.8, 4) is 0 Å². The molecule has 2 rings (SSSR count). The fourth-order valence-corrected chi connectivity index (χ4v) is 2.49. The zero-order valence-electron chi connectivity index (χ0n) is 11.8. The number of sulfonamides is 1. The quantitative estimate of drug-likeness (QED) is 0.848. The lowest BCUT2D eigenvalue weighted by molar-refractivity contribution is -0.0429. The molecule has 0 aromatic heterocycles. The van der Waals surface area contributed by atoms with E-state index < -0.39 is 27.1 Å². The molecule has 0 aliphatic heterocycles. The first-order valence-corrected chi connectivity index (χ1v) is 8.22. The van der Waals surface area contributed by atoms with Gasteiger partial charge < -0.3 is 5.32 Å². The van der Waals surface area contributed by atoms with Crippen LogP contribution in [-0.2, 0) is 10.0 Å².